The molecular weight excluding hydrogens is 250 g/mol. The molecule has 1 atom stereocenters. The van der Waals surface area contributed by atoms with E-state index in [1.807, 2.05) is 0 Å². The van der Waals surface area contributed by atoms with E-state index in [-0.39, 0.29) is 6.04 Å². The Balaban J connectivity index is 2.15. The van der Waals surface area contributed by atoms with Gasteiger partial charge in [-0.05, 0) is 35.7 Å². The number of rotatable bonds is 4. The van der Waals surface area contributed by atoms with Crippen molar-refractivity contribution in [1.29, 1.82) is 0 Å². The van der Waals surface area contributed by atoms with Gasteiger partial charge in [0.1, 0.15) is 5.75 Å². The van der Waals surface area contributed by atoms with Crippen LogP contribution in [-0.2, 0) is 6.42 Å². The Morgan fingerprint density at radius 3 is 2.68 bits per heavy atom. The van der Waals surface area contributed by atoms with Crippen LogP contribution >= 0.6 is 0 Å². The highest BCUT2D eigenvalue weighted by molar-refractivity contribution is 5.28. The molecule has 0 amide bonds. The molecule has 0 saturated heterocycles. The molecule has 0 radical (unpaired) electrons. The summed E-state index contributed by atoms with van der Waals surface area (Å²) in [5.74, 6) is -1.12. The molecule has 19 heavy (non-hydrogen) atoms. The number of ether oxygens (including phenoxy) is 1. The molecule has 0 bridgehead atoms. The first kappa shape index (κ1) is 13.4. The van der Waals surface area contributed by atoms with Crippen LogP contribution in [0.25, 0.3) is 0 Å². The number of nitrogens with two attached hydrogens (primary N) is 1. The summed E-state index contributed by atoms with van der Waals surface area (Å²) in [6, 6.07) is 5.19. The van der Waals surface area contributed by atoms with Gasteiger partial charge in [0, 0.05) is 12.2 Å². The molecule has 0 fully saturated rings. The smallest absolute Gasteiger partial charge is 0.159 e. The van der Waals surface area contributed by atoms with Gasteiger partial charge in [0.05, 0.1) is 13.3 Å². The molecule has 2 rings (SSSR count). The van der Waals surface area contributed by atoms with E-state index < -0.39 is 11.6 Å². The summed E-state index contributed by atoms with van der Waals surface area (Å²) >= 11 is 0. The predicted molar refractivity (Wildman–Crippen MR) is 67.8 cm³/mol. The van der Waals surface area contributed by atoms with Crippen molar-refractivity contribution in [1.82, 2.24) is 4.98 Å². The van der Waals surface area contributed by atoms with Crippen LogP contribution in [0.2, 0.25) is 0 Å². The van der Waals surface area contributed by atoms with Gasteiger partial charge in [-0.3, -0.25) is 4.98 Å². The van der Waals surface area contributed by atoms with Crippen molar-refractivity contribution < 1.29 is 13.5 Å². The third kappa shape index (κ3) is 3.26. The number of methoxy groups -OCH3 is 1. The fourth-order valence-corrected chi connectivity index (χ4v) is 1.79. The van der Waals surface area contributed by atoms with Gasteiger partial charge in [-0.15, -0.1) is 0 Å². The van der Waals surface area contributed by atoms with Crippen LogP contribution in [0.4, 0.5) is 8.78 Å². The van der Waals surface area contributed by atoms with Gasteiger partial charge in [0.2, 0.25) is 0 Å². The van der Waals surface area contributed by atoms with E-state index in [0.29, 0.717) is 17.7 Å². The molecule has 0 aliphatic heterocycles. The number of hydrogen-bond donors (Lipinski definition) is 1. The van der Waals surface area contributed by atoms with Gasteiger partial charge >= 0.3 is 0 Å². The number of benzene rings is 1. The number of hydrogen-bond acceptors (Lipinski definition) is 3. The van der Waals surface area contributed by atoms with Crippen molar-refractivity contribution >= 4 is 0 Å². The Morgan fingerprint density at radius 2 is 2.00 bits per heavy atom. The van der Waals surface area contributed by atoms with E-state index in [1.165, 1.54) is 6.07 Å². The zero-order chi connectivity index (χ0) is 13.8. The molecule has 0 saturated carbocycles. The fourth-order valence-electron chi connectivity index (χ4n) is 1.79. The van der Waals surface area contributed by atoms with Crippen LogP contribution in [0.15, 0.2) is 36.7 Å². The van der Waals surface area contributed by atoms with Crippen LogP contribution in [0.1, 0.15) is 17.2 Å². The molecule has 1 aromatic heterocycles. The van der Waals surface area contributed by atoms with Crippen LogP contribution in [-0.4, -0.2) is 12.1 Å². The lowest BCUT2D eigenvalue weighted by molar-refractivity contribution is 0.411. The summed E-state index contributed by atoms with van der Waals surface area (Å²) in [5.41, 5.74) is 7.44. The zero-order valence-electron chi connectivity index (χ0n) is 10.4. The number of nitrogens with zero attached hydrogens (tertiary/aromatic N) is 1. The Hall–Kier alpha value is -2.01. The molecule has 0 aliphatic rings. The second-order valence-electron chi connectivity index (χ2n) is 4.22. The van der Waals surface area contributed by atoms with Crippen LogP contribution in [0, 0.1) is 11.6 Å². The molecule has 0 aliphatic carbocycles. The Morgan fingerprint density at radius 1 is 1.21 bits per heavy atom. The lowest BCUT2D eigenvalue weighted by atomic mass is 10.0. The van der Waals surface area contributed by atoms with E-state index in [4.69, 9.17) is 10.5 Å². The van der Waals surface area contributed by atoms with Gasteiger partial charge < -0.3 is 10.5 Å². The van der Waals surface area contributed by atoms with Crippen molar-refractivity contribution in [2.75, 3.05) is 7.11 Å². The van der Waals surface area contributed by atoms with E-state index >= 15 is 0 Å². The first-order valence-electron chi connectivity index (χ1n) is 5.78. The Labute approximate surface area is 110 Å². The average Bonchev–Trinajstić information content (AvgIpc) is 2.43. The van der Waals surface area contributed by atoms with E-state index in [2.05, 4.69) is 4.98 Å². The lowest BCUT2D eigenvalue weighted by Crippen LogP contribution is -2.14. The SMILES string of the molecule is COc1cncc(C(N)Cc2ccc(F)c(F)c2)c1. The highest BCUT2D eigenvalue weighted by atomic mass is 19.2. The summed E-state index contributed by atoms with van der Waals surface area (Å²) < 4.78 is 31.0. The molecule has 5 heteroatoms. The quantitative estimate of drug-likeness (QED) is 0.923. The van der Waals surface area contributed by atoms with Gasteiger partial charge in [-0.2, -0.15) is 0 Å². The minimum absolute atomic E-state index is 0.354. The monoisotopic (exact) mass is 264 g/mol. The lowest BCUT2D eigenvalue weighted by Gasteiger charge is -2.12. The first-order valence-corrected chi connectivity index (χ1v) is 5.78. The van der Waals surface area contributed by atoms with Crippen molar-refractivity contribution in [3.05, 3.63) is 59.4 Å². The molecule has 100 valence electrons. The highest BCUT2D eigenvalue weighted by Gasteiger charge is 2.10. The molecule has 1 aromatic carbocycles. The van der Waals surface area contributed by atoms with Gasteiger partial charge in [0.25, 0.3) is 0 Å². The normalized spacial score (nSPS) is 12.2. The Kier molecular flexibility index (Phi) is 4.06. The van der Waals surface area contributed by atoms with Crippen LogP contribution in [0.3, 0.4) is 0 Å². The fraction of sp³-hybridized carbons (Fsp3) is 0.214. The van der Waals surface area contributed by atoms with E-state index in [0.717, 1.165) is 17.7 Å². The van der Waals surface area contributed by atoms with E-state index in [1.54, 1.807) is 25.6 Å². The summed E-state index contributed by atoms with van der Waals surface area (Å²) in [7, 11) is 1.54. The Bertz CT molecular complexity index is 575. The van der Waals surface area contributed by atoms with Crippen molar-refractivity contribution in [3.63, 3.8) is 0 Å². The predicted octanol–water partition coefficient (Wildman–Crippen LogP) is 2.61. The molecule has 1 heterocycles. The van der Waals surface area contributed by atoms with Crippen molar-refractivity contribution in [2.24, 2.45) is 5.73 Å². The second-order valence-corrected chi connectivity index (χ2v) is 4.22. The number of halogens is 2. The maximum Gasteiger partial charge on any atom is 0.159 e. The van der Waals surface area contributed by atoms with Crippen molar-refractivity contribution in [3.8, 4) is 5.75 Å². The second kappa shape index (κ2) is 5.75. The summed E-state index contributed by atoms with van der Waals surface area (Å²) in [6.07, 6.45) is 3.60. The molecule has 2 N–H and O–H groups in total. The number of aromatic nitrogens is 1. The standard InChI is InChI=1S/C14H14F2N2O/c1-19-11-6-10(7-18-8-11)14(17)5-9-2-3-12(15)13(16)4-9/h2-4,6-8,14H,5,17H2,1H3. The molecular formula is C14H14F2N2O. The largest absolute Gasteiger partial charge is 0.495 e. The molecule has 2 aromatic rings. The van der Waals surface area contributed by atoms with Gasteiger partial charge in [-0.25, -0.2) is 8.78 Å². The zero-order valence-corrected chi connectivity index (χ0v) is 10.4. The molecule has 3 nitrogen and oxygen atoms in total. The van der Waals surface area contributed by atoms with Crippen LogP contribution < -0.4 is 10.5 Å². The van der Waals surface area contributed by atoms with Gasteiger partial charge in [-0.1, -0.05) is 6.07 Å². The third-order valence-corrected chi connectivity index (χ3v) is 2.84. The highest BCUT2D eigenvalue weighted by Crippen LogP contribution is 2.20. The first-order chi connectivity index (χ1) is 9.10. The van der Waals surface area contributed by atoms with Gasteiger partial charge in [0.15, 0.2) is 11.6 Å². The van der Waals surface area contributed by atoms with Crippen LogP contribution in [0.5, 0.6) is 5.75 Å². The maximum absolute atomic E-state index is 13.1. The summed E-state index contributed by atoms with van der Waals surface area (Å²) in [4.78, 5) is 4.01. The minimum Gasteiger partial charge on any atom is -0.495 e. The maximum atomic E-state index is 13.1. The van der Waals surface area contributed by atoms with E-state index in [9.17, 15) is 8.78 Å². The third-order valence-electron chi connectivity index (χ3n) is 2.84. The minimum atomic E-state index is -0.867. The topological polar surface area (TPSA) is 48.1 Å². The summed E-state index contributed by atoms with van der Waals surface area (Å²) in [5, 5.41) is 0. The molecule has 0 spiro atoms. The number of pyridine rings is 1. The molecule has 1 unspecified atom stereocenters. The van der Waals surface area contributed by atoms with Crippen molar-refractivity contribution in [2.45, 2.75) is 12.5 Å². The summed E-state index contributed by atoms with van der Waals surface area (Å²) in [6.45, 7) is 0. The average molecular weight is 264 g/mol.